The molecule has 0 aromatic heterocycles. The highest BCUT2D eigenvalue weighted by Gasteiger charge is 2.25. The second-order valence-corrected chi connectivity index (χ2v) is 8.58. The molecule has 0 spiro atoms. The predicted octanol–water partition coefficient (Wildman–Crippen LogP) is 4.36. The lowest BCUT2D eigenvalue weighted by atomic mass is 9.84. The molecule has 130 valence electrons. The summed E-state index contributed by atoms with van der Waals surface area (Å²) < 4.78 is 0. The second kappa shape index (κ2) is 7.81. The van der Waals surface area contributed by atoms with Crippen molar-refractivity contribution < 1.29 is 0 Å². The van der Waals surface area contributed by atoms with Crippen molar-refractivity contribution in [2.24, 2.45) is 11.7 Å². The largest absolute Gasteiger partial charge is 0.330 e. The molecule has 1 atom stereocenters. The summed E-state index contributed by atoms with van der Waals surface area (Å²) in [6.45, 7) is 10.1. The molecule has 1 fully saturated rings. The van der Waals surface area contributed by atoms with Gasteiger partial charge in [-0.1, -0.05) is 45.0 Å². The summed E-state index contributed by atoms with van der Waals surface area (Å²) in [6.07, 6.45) is 6.37. The van der Waals surface area contributed by atoms with E-state index in [1.54, 1.807) is 0 Å². The number of nitrogens with zero attached hydrogens (tertiary/aromatic N) is 1. The van der Waals surface area contributed by atoms with Gasteiger partial charge in [-0.05, 0) is 75.1 Å². The summed E-state index contributed by atoms with van der Waals surface area (Å²) in [4.78, 5) is 2.60. The Morgan fingerprint density at radius 3 is 2.13 bits per heavy atom. The van der Waals surface area contributed by atoms with E-state index in [4.69, 9.17) is 5.73 Å². The fourth-order valence-electron chi connectivity index (χ4n) is 3.77. The summed E-state index contributed by atoms with van der Waals surface area (Å²) in [7, 11) is 2.31. The quantitative estimate of drug-likeness (QED) is 0.874. The van der Waals surface area contributed by atoms with Gasteiger partial charge in [-0.15, -0.1) is 0 Å². The van der Waals surface area contributed by atoms with Crippen LogP contribution in [0, 0.1) is 5.92 Å². The first-order valence-electron chi connectivity index (χ1n) is 9.32. The van der Waals surface area contributed by atoms with Crippen LogP contribution < -0.4 is 5.73 Å². The second-order valence-electron chi connectivity index (χ2n) is 8.58. The molecule has 1 unspecified atom stereocenters. The van der Waals surface area contributed by atoms with Gasteiger partial charge in [0.1, 0.15) is 0 Å². The summed E-state index contributed by atoms with van der Waals surface area (Å²) in [5.74, 6) is 0.764. The van der Waals surface area contributed by atoms with Crippen molar-refractivity contribution in [2.75, 3.05) is 13.6 Å². The van der Waals surface area contributed by atoms with Crippen LogP contribution in [0.15, 0.2) is 24.3 Å². The molecule has 1 aromatic carbocycles. The molecule has 0 aliphatic heterocycles. The predicted molar refractivity (Wildman–Crippen MR) is 101 cm³/mol. The molecule has 0 heterocycles. The summed E-state index contributed by atoms with van der Waals surface area (Å²) in [5, 5.41) is 0. The highest BCUT2D eigenvalue weighted by Crippen LogP contribution is 2.28. The molecule has 2 rings (SSSR count). The highest BCUT2D eigenvalue weighted by atomic mass is 15.2. The van der Waals surface area contributed by atoms with Gasteiger partial charge >= 0.3 is 0 Å². The van der Waals surface area contributed by atoms with Crippen molar-refractivity contribution >= 4 is 0 Å². The van der Waals surface area contributed by atoms with E-state index >= 15 is 0 Å². The lowest BCUT2D eigenvalue weighted by Crippen LogP contribution is -2.42. The molecule has 0 amide bonds. The summed E-state index contributed by atoms with van der Waals surface area (Å²) >= 11 is 0. The average molecular weight is 317 g/mol. The van der Waals surface area contributed by atoms with Crippen LogP contribution in [-0.2, 0) is 11.8 Å². The van der Waals surface area contributed by atoms with Gasteiger partial charge in [0.25, 0.3) is 0 Å². The molecule has 1 aromatic rings. The Kier molecular flexibility index (Phi) is 6.27. The monoisotopic (exact) mass is 316 g/mol. The molecule has 0 bridgehead atoms. The van der Waals surface area contributed by atoms with E-state index in [1.807, 2.05) is 0 Å². The molecule has 0 saturated heterocycles. The van der Waals surface area contributed by atoms with Crippen LogP contribution in [-0.4, -0.2) is 30.6 Å². The van der Waals surface area contributed by atoms with Gasteiger partial charge < -0.3 is 10.6 Å². The van der Waals surface area contributed by atoms with Crippen molar-refractivity contribution in [3.05, 3.63) is 35.4 Å². The molecule has 1 aliphatic carbocycles. The molecule has 2 nitrogen and oxygen atoms in total. The van der Waals surface area contributed by atoms with Crippen molar-refractivity contribution in [3.8, 4) is 0 Å². The topological polar surface area (TPSA) is 29.3 Å². The zero-order valence-electron chi connectivity index (χ0n) is 15.8. The van der Waals surface area contributed by atoms with Crippen molar-refractivity contribution in [3.63, 3.8) is 0 Å². The van der Waals surface area contributed by atoms with E-state index in [0.29, 0.717) is 6.04 Å². The number of likely N-dealkylation sites (N-methyl/N-ethyl adjacent to an activating group) is 1. The van der Waals surface area contributed by atoms with Crippen LogP contribution in [0.4, 0.5) is 0 Å². The van der Waals surface area contributed by atoms with Gasteiger partial charge in [0, 0.05) is 12.1 Å². The van der Waals surface area contributed by atoms with Crippen LogP contribution in [0.1, 0.15) is 64.5 Å². The lowest BCUT2D eigenvalue weighted by molar-refractivity contribution is 0.129. The minimum Gasteiger partial charge on any atom is -0.330 e. The molecule has 1 aliphatic rings. The zero-order valence-corrected chi connectivity index (χ0v) is 15.8. The van der Waals surface area contributed by atoms with Crippen LogP contribution in [0.3, 0.4) is 0 Å². The van der Waals surface area contributed by atoms with Gasteiger partial charge in [-0.3, -0.25) is 0 Å². The lowest BCUT2D eigenvalue weighted by Gasteiger charge is -2.38. The Morgan fingerprint density at radius 1 is 1.09 bits per heavy atom. The third-order valence-electron chi connectivity index (χ3n) is 5.77. The Labute approximate surface area is 143 Å². The van der Waals surface area contributed by atoms with Crippen LogP contribution in [0.25, 0.3) is 0 Å². The number of rotatable bonds is 5. The van der Waals surface area contributed by atoms with E-state index in [1.165, 1.54) is 36.8 Å². The van der Waals surface area contributed by atoms with Crippen LogP contribution >= 0.6 is 0 Å². The summed E-state index contributed by atoms with van der Waals surface area (Å²) in [6, 6.07) is 10.6. The standard InChI is InChI=1S/C21H36N2/c1-16(23(5)20-12-8-18(15-22)9-13-20)14-17-6-10-19(11-7-17)21(2,3)4/h6-7,10-11,16,18,20H,8-9,12-15,22H2,1-5H3. The van der Waals surface area contributed by atoms with Crippen molar-refractivity contribution in [1.29, 1.82) is 0 Å². The van der Waals surface area contributed by atoms with E-state index in [0.717, 1.165) is 24.9 Å². The van der Waals surface area contributed by atoms with Gasteiger partial charge in [0.2, 0.25) is 0 Å². The minimum atomic E-state index is 0.239. The number of benzene rings is 1. The number of nitrogens with two attached hydrogens (primary N) is 1. The smallest absolute Gasteiger partial charge is 0.0107 e. The molecule has 1 saturated carbocycles. The minimum absolute atomic E-state index is 0.239. The van der Waals surface area contributed by atoms with E-state index in [-0.39, 0.29) is 5.41 Å². The van der Waals surface area contributed by atoms with Crippen LogP contribution in [0.5, 0.6) is 0 Å². The zero-order chi connectivity index (χ0) is 17.0. The van der Waals surface area contributed by atoms with Gasteiger partial charge in [-0.25, -0.2) is 0 Å². The normalized spacial score (nSPS) is 24.0. The average Bonchev–Trinajstić information content (AvgIpc) is 2.54. The number of hydrogen-bond acceptors (Lipinski definition) is 2. The highest BCUT2D eigenvalue weighted by molar-refractivity contribution is 5.28. The first-order chi connectivity index (χ1) is 10.8. The maximum absolute atomic E-state index is 5.82. The Balaban J connectivity index is 1.89. The summed E-state index contributed by atoms with van der Waals surface area (Å²) in [5.41, 5.74) is 8.93. The first-order valence-corrected chi connectivity index (χ1v) is 9.32. The third kappa shape index (κ3) is 5.06. The van der Waals surface area contributed by atoms with Gasteiger partial charge in [0.05, 0.1) is 0 Å². The maximum Gasteiger partial charge on any atom is 0.0107 e. The van der Waals surface area contributed by atoms with Crippen molar-refractivity contribution in [2.45, 2.75) is 77.3 Å². The fourth-order valence-corrected chi connectivity index (χ4v) is 3.77. The number of hydrogen-bond donors (Lipinski definition) is 1. The molecule has 2 N–H and O–H groups in total. The maximum atomic E-state index is 5.82. The first kappa shape index (κ1) is 18.5. The molecule has 2 heteroatoms. The Hall–Kier alpha value is -0.860. The van der Waals surface area contributed by atoms with E-state index in [2.05, 4.69) is 63.9 Å². The van der Waals surface area contributed by atoms with Crippen LogP contribution in [0.2, 0.25) is 0 Å². The molecule has 23 heavy (non-hydrogen) atoms. The molecular weight excluding hydrogens is 280 g/mol. The van der Waals surface area contributed by atoms with Crippen molar-refractivity contribution in [1.82, 2.24) is 4.90 Å². The Morgan fingerprint density at radius 2 is 1.65 bits per heavy atom. The van der Waals surface area contributed by atoms with E-state index in [9.17, 15) is 0 Å². The SMILES string of the molecule is CC(Cc1ccc(C(C)(C)C)cc1)N(C)C1CCC(CN)CC1. The van der Waals surface area contributed by atoms with Gasteiger partial charge in [-0.2, -0.15) is 0 Å². The third-order valence-corrected chi connectivity index (χ3v) is 5.77. The van der Waals surface area contributed by atoms with E-state index < -0.39 is 0 Å². The molecular formula is C21H36N2. The Bertz CT molecular complexity index is 464. The fraction of sp³-hybridized carbons (Fsp3) is 0.714. The molecule has 0 radical (unpaired) electrons. The van der Waals surface area contributed by atoms with Gasteiger partial charge in [0.15, 0.2) is 0 Å².